The molecule has 150 valence electrons. The zero-order valence-corrected chi connectivity index (χ0v) is 16.6. The first kappa shape index (κ1) is 18.4. The van der Waals surface area contributed by atoms with Crippen LogP contribution in [-0.2, 0) is 22.6 Å². The lowest BCUT2D eigenvalue weighted by Crippen LogP contribution is -2.48. The first-order valence-electron chi connectivity index (χ1n) is 9.82. The van der Waals surface area contributed by atoms with Gasteiger partial charge in [-0.25, -0.2) is 14.8 Å². The summed E-state index contributed by atoms with van der Waals surface area (Å²) in [6.45, 7) is 0.237. The van der Waals surface area contributed by atoms with Crippen molar-refractivity contribution in [2.75, 3.05) is 4.90 Å². The Morgan fingerprint density at radius 2 is 1.93 bits per heavy atom. The van der Waals surface area contributed by atoms with E-state index in [1.54, 1.807) is 0 Å². The molecule has 7 nitrogen and oxygen atoms in total. The zero-order valence-electron chi connectivity index (χ0n) is 15.9. The number of ether oxygens (including phenoxy) is 1. The van der Waals surface area contributed by atoms with E-state index in [1.165, 1.54) is 6.33 Å². The number of halogens is 1. The summed E-state index contributed by atoms with van der Waals surface area (Å²) in [5.74, 6) is 0.631. The summed E-state index contributed by atoms with van der Waals surface area (Å²) in [5.41, 5.74) is 0.983. The van der Waals surface area contributed by atoms with Crippen LogP contribution in [0.2, 0.25) is 5.15 Å². The maximum absolute atomic E-state index is 12.8. The van der Waals surface area contributed by atoms with Gasteiger partial charge >= 0.3 is 6.09 Å². The second kappa shape index (κ2) is 6.69. The minimum absolute atomic E-state index is 0.00625. The minimum atomic E-state index is -0.412. The largest absolute Gasteiger partial charge is 0.445 e. The number of hydrogen-bond donors (Lipinski definition) is 1. The van der Waals surface area contributed by atoms with Gasteiger partial charge in [0.25, 0.3) is 0 Å². The molecular formula is C21H21ClN4O3. The quantitative estimate of drug-likeness (QED) is 0.778. The Bertz CT molecular complexity index is 973. The second-order valence-electron chi connectivity index (χ2n) is 8.24. The molecule has 0 unspecified atom stereocenters. The number of benzene rings is 1. The molecule has 1 aromatic carbocycles. The van der Waals surface area contributed by atoms with Crippen LogP contribution in [0.4, 0.5) is 10.6 Å². The lowest BCUT2D eigenvalue weighted by molar-refractivity contribution is -0.118. The summed E-state index contributed by atoms with van der Waals surface area (Å²) in [6, 6.07) is 9.60. The van der Waals surface area contributed by atoms with Gasteiger partial charge in [0, 0.05) is 11.1 Å². The molecule has 5 rings (SSSR count). The van der Waals surface area contributed by atoms with Gasteiger partial charge in [0.1, 0.15) is 23.9 Å². The summed E-state index contributed by atoms with van der Waals surface area (Å²) in [5, 5.41) is 3.43. The van der Waals surface area contributed by atoms with Crippen LogP contribution in [0.5, 0.6) is 0 Å². The minimum Gasteiger partial charge on any atom is -0.445 e. The standard InChI is InChI=1S/C21H21ClN4O3/c22-17-15-10-16(27)26(18(15)24-13-23-17)21-8-6-20(12-21,7-9-21)25-19(28)29-11-14-4-2-1-3-5-14/h1-5,13H,6-12H2,(H,25,28). The smallest absolute Gasteiger partial charge is 0.407 e. The van der Waals surface area contributed by atoms with Gasteiger partial charge in [0.05, 0.1) is 12.0 Å². The van der Waals surface area contributed by atoms with E-state index >= 15 is 0 Å². The Balaban J connectivity index is 1.30. The van der Waals surface area contributed by atoms with E-state index in [0.717, 1.165) is 31.2 Å². The summed E-state index contributed by atoms with van der Waals surface area (Å²) >= 11 is 6.18. The van der Waals surface area contributed by atoms with Crippen LogP contribution in [0, 0.1) is 0 Å². The molecule has 2 bridgehead atoms. The molecule has 1 aliphatic heterocycles. The van der Waals surface area contributed by atoms with Crippen molar-refractivity contribution in [1.82, 2.24) is 15.3 Å². The lowest BCUT2D eigenvalue weighted by Gasteiger charge is -2.36. The van der Waals surface area contributed by atoms with Gasteiger partial charge in [0.2, 0.25) is 5.91 Å². The molecule has 1 aromatic heterocycles. The highest BCUT2D eigenvalue weighted by Gasteiger charge is 2.60. The van der Waals surface area contributed by atoms with Crippen molar-refractivity contribution in [3.63, 3.8) is 0 Å². The van der Waals surface area contributed by atoms with Gasteiger partial charge in [-0.3, -0.25) is 9.69 Å². The molecule has 2 amide bonds. The average Bonchev–Trinajstić information content (AvgIpc) is 3.37. The molecule has 0 saturated heterocycles. The van der Waals surface area contributed by atoms with Gasteiger partial charge in [-0.15, -0.1) is 0 Å². The van der Waals surface area contributed by atoms with Crippen LogP contribution in [0.1, 0.15) is 43.2 Å². The number of fused-ring (bicyclic) bond motifs is 3. The topological polar surface area (TPSA) is 84.4 Å². The summed E-state index contributed by atoms with van der Waals surface area (Å²) in [4.78, 5) is 35.4. The van der Waals surface area contributed by atoms with Crippen molar-refractivity contribution in [3.05, 3.63) is 52.9 Å². The number of amides is 2. The molecule has 0 spiro atoms. The average molecular weight is 413 g/mol. The fraction of sp³-hybridized carbons (Fsp3) is 0.429. The maximum atomic E-state index is 12.8. The third kappa shape index (κ3) is 3.04. The molecule has 1 N–H and O–H groups in total. The van der Waals surface area contributed by atoms with Gasteiger partial charge in [-0.05, 0) is 37.7 Å². The number of carbonyl (C=O) groups excluding carboxylic acids is 2. The summed E-state index contributed by atoms with van der Waals surface area (Å²) in [6.07, 6.45) is 5.18. The first-order chi connectivity index (χ1) is 14.0. The van der Waals surface area contributed by atoms with E-state index in [9.17, 15) is 9.59 Å². The fourth-order valence-corrected chi connectivity index (χ4v) is 5.38. The van der Waals surface area contributed by atoms with Crippen molar-refractivity contribution in [2.45, 2.75) is 56.2 Å². The molecule has 2 aliphatic carbocycles. The highest BCUT2D eigenvalue weighted by molar-refractivity contribution is 6.31. The summed E-state index contributed by atoms with van der Waals surface area (Å²) in [7, 11) is 0. The Morgan fingerprint density at radius 1 is 1.17 bits per heavy atom. The van der Waals surface area contributed by atoms with Crippen LogP contribution < -0.4 is 10.2 Å². The van der Waals surface area contributed by atoms with E-state index in [1.807, 2.05) is 35.2 Å². The number of hydrogen-bond acceptors (Lipinski definition) is 5. The fourth-order valence-electron chi connectivity index (χ4n) is 5.19. The molecular weight excluding hydrogens is 392 g/mol. The van der Waals surface area contributed by atoms with E-state index in [0.29, 0.717) is 23.0 Å². The predicted molar refractivity (Wildman–Crippen MR) is 107 cm³/mol. The molecule has 2 aromatic rings. The van der Waals surface area contributed by atoms with Crippen molar-refractivity contribution in [1.29, 1.82) is 0 Å². The number of rotatable bonds is 4. The van der Waals surface area contributed by atoms with Crippen LogP contribution in [-0.4, -0.2) is 33.0 Å². The van der Waals surface area contributed by atoms with Crippen LogP contribution in [0.15, 0.2) is 36.7 Å². The Kier molecular flexibility index (Phi) is 4.24. The Morgan fingerprint density at radius 3 is 2.69 bits per heavy atom. The van der Waals surface area contributed by atoms with Gasteiger partial charge in [0.15, 0.2) is 0 Å². The lowest BCUT2D eigenvalue weighted by atomic mass is 9.90. The molecule has 2 saturated carbocycles. The third-order valence-electron chi connectivity index (χ3n) is 6.52. The molecule has 2 heterocycles. The number of nitrogens with one attached hydrogen (secondary N) is 1. The number of nitrogens with zero attached hydrogens (tertiary/aromatic N) is 3. The number of aromatic nitrogens is 2. The van der Waals surface area contributed by atoms with Crippen LogP contribution >= 0.6 is 11.6 Å². The molecule has 8 heteroatoms. The Hall–Kier alpha value is -2.67. The predicted octanol–water partition coefficient (Wildman–Crippen LogP) is 3.40. The van der Waals surface area contributed by atoms with Gasteiger partial charge in [-0.2, -0.15) is 0 Å². The normalized spacial score (nSPS) is 27.2. The van der Waals surface area contributed by atoms with Gasteiger partial charge < -0.3 is 10.1 Å². The van der Waals surface area contributed by atoms with Crippen molar-refractivity contribution < 1.29 is 14.3 Å². The van der Waals surface area contributed by atoms with E-state index < -0.39 is 6.09 Å². The number of anilines is 1. The molecule has 3 aliphatic rings. The summed E-state index contributed by atoms with van der Waals surface area (Å²) < 4.78 is 5.42. The molecule has 0 atom stereocenters. The highest BCUT2D eigenvalue weighted by atomic mass is 35.5. The maximum Gasteiger partial charge on any atom is 0.407 e. The van der Waals surface area contributed by atoms with Crippen molar-refractivity contribution >= 4 is 29.4 Å². The second-order valence-corrected chi connectivity index (χ2v) is 8.60. The van der Waals surface area contributed by atoms with Crippen molar-refractivity contribution in [3.8, 4) is 0 Å². The van der Waals surface area contributed by atoms with Crippen LogP contribution in [0.3, 0.4) is 0 Å². The molecule has 29 heavy (non-hydrogen) atoms. The van der Waals surface area contributed by atoms with Gasteiger partial charge in [-0.1, -0.05) is 41.9 Å². The third-order valence-corrected chi connectivity index (χ3v) is 6.84. The first-order valence-corrected chi connectivity index (χ1v) is 10.2. The SMILES string of the molecule is O=C(NC12CCC(N3C(=O)Cc4c(Cl)ncnc43)(CC1)C2)OCc1ccccc1. The Labute approximate surface area is 173 Å². The van der Waals surface area contributed by atoms with Crippen molar-refractivity contribution in [2.24, 2.45) is 0 Å². The number of alkyl carbamates (subject to hydrolysis) is 1. The zero-order chi connectivity index (χ0) is 20.1. The number of carbonyl (C=O) groups is 2. The van der Waals surface area contributed by atoms with E-state index in [4.69, 9.17) is 16.3 Å². The van der Waals surface area contributed by atoms with Crippen LogP contribution in [0.25, 0.3) is 0 Å². The molecule has 2 fully saturated rings. The van der Waals surface area contributed by atoms with E-state index in [2.05, 4.69) is 15.3 Å². The monoisotopic (exact) mass is 412 g/mol. The highest BCUT2D eigenvalue weighted by Crippen LogP contribution is 2.56. The van der Waals surface area contributed by atoms with E-state index in [-0.39, 0.29) is 30.0 Å². The molecule has 0 radical (unpaired) electrons.